The molecule has 112 valence electrons. The van der Waals surface area contributed by atoms with Gasteiger partial charge in [0.1, 0.15) is 0 Å². The standard InChI is InChI=1S/C10H20N2O2.C6H6/c11-9(13)7-5-3-1-2-4-6-8-10(12)14;1-2-4-6-5-3-1/h1-8H2,(H2,11,13)(H2,12,14);1-6H. The molecule has 0 aliphatic rings. The van der Waals surface area contributed by atoms with Crippen molar-refractivity contribution in [1.29, 1.82) is 0 Å². The molecule has 0 bridgehead atoms. The van der Waals surface area contributed by atoms with E-state index >= 15 is 0 Å². The second-order valence-electron chi connectivity index (χ2n) is 4.71. The lowest BCUT2D eigenvalue weighted by Crippen LogP contribution is -2.09. The molecule has 0 spiro atoms. The average molecular weight is 278 g/mol. The summed E-state index contributed by atoms with van der Waals surface area (Å²) in [6.07, 6.45) is 7.02. The lowest BCUT2D eigenvalue weighted by atomic mass is 10.1. The van der Waals surface area contributed by atoms with Gasteiger partial charge in [0, 0.05) is 12.8 Å². The van der Waals surface area contributed by atoms with E-state index in [1.807, 2.05) is 36.4 Å². The maximum Gasteiger partial charge on any atom is 0.217 e. The van der Waals surface area contributed by atoms with Crippen molar-refractivity contribution in [3.63, 3.8) is 0 Å². The van der Waals surface area contributed by atoms with Crippen LogP contribution in [0.1, 0.15) is 51.4 Å². The van der Waals surface area contributed by atoms with Crippen molar-refractivity contribution in [1.82, 2.24) is 0 Å². The second-order valence-corrected chi connectivity index (χ2v) is 4.71. The number of hydrogen-bond donors (Lipinski definition) is 2. The van der Waals surface area contributed by atoms with Crippen LogP contribution in [0.15, 0.2) is 36.4 Å². The quantitative estimate of drug-likeness (QED) is 0.680. The molecule has 0 atom stereocenters. The normalized spacial score (nSPS) is 9.40. The molecule has 1 aromatic carbocycles. The average Bonchev–Trinajstić information content (AvgIpc) is 2.44. The number of amides is 2. The molecular formula is C16H26N2O2. The van der Waals surface area contributed by atoms with Gasteiger partial charge in [-0.2, -0.15) is 0 Å². The fourth-order valence-corrected chi connectivity index (χ4v) is 1.69. The zero-order valence-corrected chi connectivity index (χ0v) is 12.1. The first-order valence-corrected chi connectivity index (χ1v) is 7.19. The van der Waals surface area contributed by atoms with Crippen LogP contribution < -0.4 is 11.5 Å². The Morgan fingerprint density at radius 2 is 0.800 bits per heavy atom. The summed E-state index contributed by atoms with van der Waals surface area (Å²) in [5.74, 6) is -0.447. The number of hydrogen-bond acceptors (Lipinski definition) is 2. The summed E-state index contributed by atoms with van der Waals surface area (Å²) in [5.41, 5.74) is 10.00. The van der Waals surface area contributed by atoms with Crippen molar-refractivity contribution in [2.75, 3.05) is 0 Å². The third-order valence-electron chi connectivity index (χ3n) is 2.76. The van der Waals surface area contributed by atoms with E-state index in [1.165, 1.54) is 0 Å². The maximum atomic E-state index is 10.4. The minimum absolute atomic E-state index is 0.223. The van der Waals surface area contributed by atoms with Gasteiger partial charge < -0.3 is 11.5 Å². The zero-order valence-electron chi connectivity index (χ0n) is 12.1. The minimum atomic E-state index is -0.223. The third kappa shape index (κ3) is 16.2. The van der Waals surface area contributed by atoms with Crippen molar-refractivity contribution in [2.24, 2.45) is 11.5 Å². The van der Waals surface area contributed by atoms with Crippen molar-refractivity contribution in [3.8, 4) is 0 Å². The molecule has 0 saturated heterocycles. The zero-order chi connectivity index (χ0) is 15.1. The molecule has 1 aromatic rings. The van der Waals surface area contributed by atoms with Gasteiger partial charge in [-0.3, -0.25) is 9.59 Å². The lowest BCUT2D eigenvalue weighted by Gasteiger charge is -1.99. The molecule has 4 N–H and O–H groups in total. The molecule has 0 aliphatic heterocycles. The van der Waals surface area contributed by atoms with Gasteiger partial charge in [-0.1, -0.05) is 62.1 Å². The summed E-state index contributed by atoms with van der Waals surface area (Å²) in [6, 6.07) is 12.0. The number of nitrogens with two attached hydrogens (primary N) is 2. The largest absolute Gasteiger partial charge is 0.370 e. The van der Waals surface area contributed by atoms with Crippen LogP contribution in [0.2, 0.25) is 0 Å². The van der Waals surface area contributed by atoms with Crippen molar-refractivity contribution in [2.45, 2.75) is 51.4 Å². The Balaban J connectivity index is 0.000000493. The van der Waals surface area contributed by atoms with Crippen LogP contribution in [0.5, 0.6) is 0 Å². The summed E-state index contributed by atoms with van der Waals surface area (Å²) >= 11 is 0. The lowest BCUT2D eigenvalue weighted by molar-refractivity contribution is -0.119. The van der Waals surface area contributed by atoms with Crippen molar-refractivity contribution < 1.29 is 9.59 Å². The Bertz CT molecular complexity index is 306. The van der Waals surface area contributed by atoms with Crippen LogP contribution in [0, 0.1) is 0 Å². The fraction of sp³-hybridized carbons (Fsp3) is 0.500. The molecule has 2 amide bonds. The van der Waals surface area contributed by atoms with Gasteiger partial charge >= 0.3 is 0 Å². The molecule has 0 heterocycles. The summed E-state index contributed by atoms with van der Waals surface area (Å²) in [6.45, 7) is 0. The van der Waals surface area contributed by atoms with E-state index < -0.39 is 0 Å². The summed E-state index contributed by atoms with van der Waals surface area (Å²) in [5, 5.41) is 0. The molecule has 0 unspecified atom stereocenters. The summed E-state index contributed by atoms with van der Waals surface area (Å²) < 4.78 is 0. The van der Waals surface area contributed by atoms with E-state index in [-0.39, 0.29) is 11.8 Å². The Hall–Kier alpha value is -1.84. The van der Waals surface area contributed by atoms with Crippen LogP contribution in [-0.4, -0.2) is 11.8 Å². The first-order chi connectivity index (χ1) is 9.63. The molecule has 0 radical (unpaired) electrons. The fourth-order valence-electron chi connectivity index (χ4n) is 1.69. The van der Waals surface area contributed by atoms with Crippen LogP contribution >= 0.6 is 0 Å². The number of unbranched alkanes of at least 4 members (excludes halogenated alkanes) is 5. The highest BCUT2D eigenvalue weighted by atomic mass is 16.1. The van der Waals surface area contributed by atoms with Gasteiger partial charge in [0.2, 0.25) is 11.8 Å². The van der Waals surface area contributed by atoms with E-state index in [1.54, 1.807) is 0 Å². The number of carbonyl (C=O) groups is 2. The second kappa shape index (κ2) is 13.6. The van der Waals surface area contributed by atoms with Crippen molar-refractivity contribution >= 4 is 11.8 Å². The van der Waals surface area contributed by atoms with E-state index in [0.29, 0.717) is 12.8 Å². The molecule has 0 fully saturated rings. The van der Waals surface area contributed by atoms with E-state index in [2.05, 4.69) is 0 Å². The summed E-state index contributed by atoms with van der Waals surface area (Å²) in [4.78, 5) is 20.8. The number of benzene rings is 1. The third-order valence-corrected chi connectivity index (χ3v) is 2.76. The topological polar surface area (TPSA) is 86.2 Å². The molecule has 20 heavy (non-hydrogen) atoms. The van der Waals surface area contributed by atoms with Gasteiger partial charge in [0.25, 0.3) is 0 Å². The first kappa shape index (κ1) is 18.2. The van der Waals surface area contributed by atoms with E-state index in [0.717, 1.165) is 38.5 Å². The molecular weight excluding hydrogens is 252 g/mol. The Kier molecular flexibility index (Phi) is 12.3. The van der Waals surface area contributed by atoms with Gasteiger partial charge in [-0.15, -0.1) is 0 Å². The first-order valence-electron chi connectivity index (χ1n) is 7.19. The summed E-state index contributed by atoms with van der Waals surface area (Å²) in [7, 11) is 0. The molecule has 4 nitrogen and oxygen atoms in total. The molecule has 0 saturated carbocycles. The minimum Gasteiger partial charge on any atom is -0.370 e. The smallest absolute Gasteiger partial charge is 0.217 e. The van der Waals surface area contributed by atoms with Crippen LogP contribution in [0.3, 0.4) is 0 Å². The van der Waals surface area contributed by atoms with Crippen LogP contribution in [-0.2, 0) is 9.59 Å². The molecule has 4 heteroatoms. The molecule has 0 aromatic heterocycles. The SMILES string of the molecule is NC(=O)CCCCCCCCC(N)=O.c1ccccc1. The highest BCUT2D eigenvalue weighted by molar-refractivity contribution is 5.73. The van der Waals surface area contributed by atoms with E-state index in [9.17, 15) is 9.59 Å². The Morgan fingerprint density at radius 3 is 1.05 bits per heavy atom. The molecule has 0 aliphatic carbocycles. The number of primary amides is 2. The van der Waals surface area contributed by atoms with Crippen LogP contribution in [0.25, 0.3) is 0 Å². The van der Waals surface area contributed by atoms with E-state index in [4.69, 9.17) is 11.5 Å². The predicted molar refractivity (Wildman–Crippen MR) is 81.8 cm³/mol. The predicted octanol–water partition coefficient (Wildman–Crippen LogP) is 2.76. The number of rotatable bonds is 9. The highest BCUT2D eigenvalue weighted by Crippen LogP contribution is 2.07. The van der Waals surface area contributed by atoms with Gasteiger partial charge in [0.05, 0.1) is 0 Å². The van der Waals surface area contributed by atoms with Gasteiger partial charge in [-0.25, -0.2) is 0 Å². The van der Waals surface area contributed by atoms with Crippen molar-refractivity contribution in [3.05, 3.63) is 36.4 Å². The van der Waals surface area contributed by atoms with Crippen LogP contribution in [0.4, 0.5) is 0 Å². The number of carbonyl (C=O) groups excluding carboxylic acids is 2. The van der Waals surface area contributed by atoms with Gasteiger partial charge in [-0.05, 0) is 12.8 Å². The molecule has 1 rings (SSSR count). The Labute approximate surface area is 121 Å². The van der Waals surface area contributed by atoms with Gasteiger partial charge in [0.15, 0.2) is 0 Å². The highest BCUT2D eigenvalue weighted by Gasteiger charge is 1.96. The Morgan fingerprint density at radius 1 is 0.550 bits per heavy atom. The monoisotopic (exact) mass is 278 g/mol. The maximum absolute atomic E-state index is 10.4.